The van der Waals surface area contributed by atoms with Gasteiger partial charge in [-0.2, -0.15) is 0 Å². The molecule has 1 aliphatic heterocycles. The highest BCUT2D eigenvalue weighted by atomic mass is 32.2. The molecular formula is C16H24N2O2S. The van der Waals surface area contributed by atoms with Gasteiger partial charge in [0.05, 0.1) is 6.04 Å². The molecule has 0 aromatic heterocycles. The van der Waals surface area contributed by atoms with Crippen molar-refractivity contribution >= 4 is 16.7 Å². The number of carbonyl (C=O) groups is 1. The molecule has 1 heterocycles. The number of nitrogens with one attached hydrogen (secondary N) is 1. The summed E-state index contributed by atoms with van der Waals surface area (Å²) in [5, 5.41) is 3.45. The van der Waals surface area contributed by atoms with Crippen LogP contribution in [0.4, 0.5) is 0 Å². The van der Waals surface area contributed by atoms with Crippen LogP contribution in [0.15, 0.2) is 24.3 Å². The Bertz CT molecular complexity index is 547. The molecule has 4 unspecified atom stereocenters. The van der Waals surface area contributed by atoms with Gasteiger partial charge in [-0.1, -0.05) is 36.8 Å². The van der Waals surface area contributed by atoms with Crippen LogP contribution in [-0.2, 0) is 15.6 Å². The third kappa shape index (κ3) is 3.71. The van der Waals surface area contributed by atoms with E-state index >= 15 is 0 Å². The Hall–Kier alpha value is -1.20. The van der Waals surface area contributed by atoms with Crippen molar-refractivity contribution in [3.8, 4) is 0 Å². The summed E-state index contributed by atoms with van der Waals surface area (Å²) >= 11 is 0. The molecule has 0 saturated carbocycles. The largest absolute Gasteiger partial charge is 0.322 e. The summed E-state index contributed by atoms with van der Waals surface area (Å²) in [4.78, 5) is 14.2. The van der Waals surface area contributed by atoms with Crippen molar-refractivity contribution in [1.29, 1.82) is 0 Å². The summed E-state index contributed by atoms with van der Waals surface area (Å²) in [5.74, 6) is 0.121. The van der Waals surface area contributed by atoms with E-state index < -0.39 is 10.8 Å². The van der Waals surface area contributed by atoms with E-state index in [1.807, 2.05) is 30.9 Å². The highest BCUT2D eigenvalue weighted by Crippen LogP contribution is 2.26. The maximum absolute atomic E-state index is 12.3. The minimum absolute atomic E-state index is 0.0788. The third-order valence-electron chi connectivity index (χ3n) is 4.07. The normalized spacial score (nSPS) is 25.1. The summed E-state index contributed by atoms with van der Waals surface area (Å²) < 4.78 is 11.5. The van der Waals surface area contributed by atoms with E-state index in [0.717, 1.165) is 12.0 Å². The zero-order valence-corrected chi connectivity index (χ0v) is 13.9. The van der Waals surface area contributed by atoms with Crippen LogP contribution in [0.2, 0.25) is 0 Å². The van der Waals surface area contributed by atoms with Crippen LogP contribution in [0.1, 0.15) is 37.6 Å². The van der Waals surface area contributed by atoms with E-state index in [-0.39, 0.29) is 23.4 Å². The van der Waals surface area contributed by atoms with Gasteiger partial charge in [-0.25, -0.2) is 0 Å². The molecule has 1 saturated heterocycles. The van der Waals surface area contributed by atoms with Gasteiger partial charge in [-0.3, -0.25) is 14.3 Å². The van der Waals surface area contributed by atoms with Gasteiger partial charge >= 0.3 is 0 Å². The van der Waals surface area contributed by atoms with Crippen molar-refractivity contribution in [2.45, 2.75) is 44.6 Å². The molecule has 1 aromatic carbocycles. The minimum atomic E-state index is -0.848. The van der Waals surface area contributed by atoms with E-state index in [1.165, 1.54) is 5.56 Å². The van der Waals surface area contributed by atoms with Crippen molar-refractivity contribution in [1.82, 2.24) is 10.2 Å². The second-order valence-electron chi connectivity index (χ2n) is 5.83. The Morgan fingerprint density at radius 2 is 2.14 bits per heavy atom. The first-order valence-electron chi connectivity index (χ1n) is 7.35. The van der Waals surface area contributed by atoms with Crippen molar-refractivity contribution in [3.05, 3.63) is 35.4 Å². The molecule has 0 radical (unpaired) electrons. The molecule has 0 spiro atoms. The van der Waals surface area contributed by atoms with Gasteiger partial charge in [-0.15, -0.1) is 0 Å². The molecule has 5 heteroatoms. The number of amides is 1. The Morgan fingerprint density at radius 1 is 1.43 bits per heavy atom. The zero-order valence-electron chi connectivity index (χ0n) is 13.1. The van der Waals surface area contributed by atoms with Gasteiger partial charge in [0.15, 0.2) is 0 Å². The zero-order chi connectivity index (χ0) is 15.6. The fourth-order valence-electron chi connectivity index (χ4n) is 2.62. The van der Waals surface area contributed by atoms with E-state index in [9.17, 15) is 9.00 Å². The fourth-order valence-corrected chi connectivity index (χ4v) is 3.05. The number of benzene rings is 1. The smallest absolute Gasteiger partial charge is 0.241 e. The average Bonchev–Trinajstić information content (AvgIpc) is 2.72. The van der Waals surface area contributed by atoms with Gasteiger partial charge in [0.2, 0.25) is 5.91 Å². The molecule has 0 aliphatic carbocycles. The minimum Gasteiger partial charge on any atom is -0.322 e. The van der Waals surface area contributed by atoms with Crippen LogP contribution in [0.25, 0.3) is 0 Å². The second kappa shape index (κ2) is 6.71. The third-order valence-corrected chi connectivity index (χ3v) is 5.44. The van der Waals surface area contributed by atoms with Gasteiger partial charge in [-0.05, 0) is 25.8 Å². The Morgan fingerprint density at radius 3 is 2.76 bits per heavy atom. The molecule has 1 N–H and O–H groups in total. The average molecular weight is 308 g/mol. The van der Waals surface area contributed by atoms with Crippen molar-refractivity contribution < 1.29 is 9.00 Å². The van der Waals surface area contributed by atoms with Crippen molar-refractivity contribution in [2.75, 3.05) is 12.8 Å². The van der Waals surface area contributed by atoms with E-state index in [2.05, 4.69) is 24.4 Å². The number of rotatable bonds is 5. The van der Waals surface area contributed by atoms with Crippen LogP contribution < -0.4 is 5.32 Å². The van der Waals surface area contributed by atoms with E-state index in [0.29, 0.717) is 6.54 Å². The Balaban J connectivity index is 2.15. The highest BCUT2D eigenvalue weighted by Gasteiger charge is 2.36. The quantitative estimate of drug-likeness (QED) is 0.905. The standard InChI is InChI=1S/C16H24N2O2S/c1-11-6-5-7-14(10-11)15-17-13(3)16(19)18(15)9-8-12(2)21(4)20/h5-7,10,12-13,15,17H,8-9H2,1-4H3. The summed E-state index contributed by atoms with van der Waals surface area (Å²) in [7, 11) is -0.848. The van der Waals surface area contributed by atoms with Gasteiger partial charge < -0.3 is 4.90 Å². The Kier molecular flexibility index (Phi) is 5.17. The first-order chi connectivity index (χ1) is 9.90. The lowest BCUT2D eigenvalue weighted by Gasteiger charge is -2.25. The van der Waals surface area contributed by atoms with Crippen LogP contribution in [0.3, 0.4) is 0 Å². The van der Waals surface area contributed by atoms with Gasteiger partial charge in [0.1, 0.15) is 6.17 Å². The molecule has 1 amide bonds. The summed E-state index contributed by atoms with van der Waals surface area (Å²) in [5.41, 5.74) is 2.29. The SMILES string of the molecule is Cc1cccc(C2NC(C)C(=O)N2CCC(C)S(C)=O)c1. The van der Waals surface area contributed by atoms with Crippen LogP contribution in [-0.4, -0.2) is 39.1 Å². The molecule has 116 valence electrons. The Labute approximate surface area is 129 Å². The van der Waals surface area contributed by atoms with E-state index in [1.54, 1.807) is 6.26 Å². The number of hydrogen-bond acceptors (Lipinski definition) is 3. The lowest BCUT2D eigenvalue weighted by atomic mass is 10.1. The fraction of sp³-hybridized carbons (Fsp3) is 0.562. The molecule has 21 heavy (non-hydrogen) atoms. The molecule has 1 aromatic rings. The highest BCUT2D eigenvalue weighted by molar-refractivity contribution is 7.84. The molecular weight excluding hydrogens is 284 g/mol. The predicted octanol–water partition coefficient (Wildman–Crippen LogP) is 1.97. The van der Waals surface area contributed by atoms with Crippen LogP contribution >= 0.6 is 0 Å². The van der Waals surface area contributed by atoms with Crippen molar-refractivity contribution in [2.24, 2.45) is 0 Å². The first kappa shape index (κ1) is 16.2. The number of nitrogens with zero attached hydrogens (tertiary/aromatic N) is 1. The monoisotopic (exact) mass is 308 g/mol. The number of hydrogen-bond donors (Lipinski definition) is 1. The maximum atomic E-state index is 12.3. The topological polar surface area (TPSA) is 49.4 Å². The lowest BCUT2D eigenvalue weighted by Crippen LogP contribution is -2.33. The molecule has 2 rings (SSSR count). The maximum Gasteiger partial charge on any atom is 0.241 e. The number of carbonyl (C=O) groups excluding carboxylic acids is 1. The second-order valence-corrected chi connectivity index (χ2v) is 7.64. The first-order valence-corrected chi connectivity index (χ1v) is 8.97. The van der Waals surface area contributed by atoms with Gasteiger partial charge in [0, 0.05) is 28.9 Å². The predicted molar refractivity (Wildman–Crippen MR) is 86.4 cm³/mol. The molecule has 0 bridgehead atoms. The summed E-state index contributed by atoms with van der Waals surface area (Å²) in [6.07, 6.45) is 2.39. The number of aryl methyl sites for hydroxylation is 1. The molecule has 4 atom stereocenters. The molecule has 1 fully saturated rings. The van der Waals surface area contributed by atoms with Crippen LogP contribution in [0, 0.1) is 6.92 Å². The van der Waals surface area contributed by atoms with E-state index in [4.69, 9.17) is 0 Å². The summed E-state index contributed by atoms with van der Waals surface area (Å²) in [6, 6.07) is 8.05. The molecule has 1 aliphatic rings. The lowest BCUT2D eigenvalue weighted by molar-refractivity contribution is -0.129. The van der Waals surface area contributed by atoms with Crippen molar-refractivity contribution in [3.63, 3.8) is 0 Å². The molecule has 4 nitrogen and oxygen atoms in total. The van der Waals surface area contributed by atoms with Crippen LogP contribution in [0.5, 0.6) is 0 Å². The van der Waals surface area contributed by atoms with Gasteiger partial charge in [0.25, 0.3) is 0 Å². The summed E-state index contributed by atoms with van der Waals surface area (Å²) in [6.45, 7) is 6.55.